The number of rotatable bonds is 5. The van der Waals surface area contributed by atoms with Gasteiger partial charge in [-0.3, -0.25) is 9.71 Å². The molecule has 2 rings (SSSR count). The van der Waals surface area contributed by atoms with Crippen LogP contribution in [0, 0.1) is 5.82 Å². The van der Waals surface area contributed by atoms with Crippen LogP contribution in [0.1, 0.15) is 5.56 Å². The first-order chi connectivity index (χ1) is 9.46. The third-order valence-electron chi connectivity index (χ3n) is 2.68. The van der Waals surface area contributed by atoms with Gasteiger partial charge in [-0.2, -0.15) is 0 Å². The van der Waals surface area contributed by atoms with Gasteiger partial charge in [-0.05, 0) is 36.2 Å². The van der Waals surface area contributed by atoms with Crippen molar-refractivity contribution in [3.05, 3.63) is 54.1 Å². The first-order valence-corrected chi connectivity index (χ1v) is 7.56. The highest BCUT2D eigenvalue weighted by atomic mass is 32.2. The second kappa shape index (κ2) is 5.87. The monoisotopic (exact) mass is 295 g/mol. The fourth-order valence-electron chi connectivity index (χ4n) is 1.62. The number of nitrogens with one attached hydrogen (secondary N) is 1. The minimum atomic E-state index is -3.54. The molecule has 1 heterocycles. The minimum absolute atomic E-state index is 0.0234. The summed E-state index contributed by atoms with van der Waals surface area (Å²) in [6, 6.07) is 7.29. The molecule has 0 saturated heterocycles. The molecule has 7 heteroatoms. The Morgan fingerprint density at radius 1 is 1.20 bits per heavy atom. The third-order valence-corrected chi connectivity index (χ3v) is 3.97. The van der Waals surface area contributed by atoms with Gasteiger partial charge in [-0.1, -0.05) is 0 Å². The van der Waals surface area contributed by atoms with E-state index in [4.69, 9.17) is 5.73 Å². The molecular weight excluding hydrogens is 281 g/mol. The Morgan fingerprint density at radius 2 is 1.90 bits per heavy atom. The molecule has 0 amide bonds. The zero-order chi connectivity index (χ0) is 14.6. The number of hydrogen-bond acceptors (Lipinski definition) is 4. The molecule has 0 saturated carbocycles. The van der Waals surface area contributed by atoms with Crippen molar-refractivity contribution in [3.63, 3.8) is 0 Å². The van der Waals surface area contributed by atoms with Crippen molar-refractivity contribution in [2.45, 2.75) is 6.42 Å². The van der Waals surface area contributed by atoms with Crippen LogP contribution in [0.15, 0.2) is 42.7 Å². The lowest BCUT2D eigenvalue weighted by Gasteiger charge is -2.08. The smallest absolute Gasteiger partial charge is 0.233 e. The highest BCUT2D eigenvalue weighted by molar-refractivity contribution is 7.92. The van der Waals surface area contributed by atoms with Crippen molar-refractivity contribution in [1.29, 1.82) is 0 Å². The number of nitrogens with zero attached hydrogens (tertiary/aromatic N) is 1. The number of aromatic nitrogens is 1. The van der Waals surface area contributed by atoms with Crippen molar-refractivity contribution in [3.8, 4) is 0 Å². The zero-order valence-corrected chi connectivity index (χ0v) is 11.4. The molecule has 5 nitrogen and oxygen atoms in total. The van der Waals surface area contributed by atoms with Gasteiger partial charge >= 0.3 is 0 Å². The first-order valence-electron chi connectivity index (χ1n) is 5.91. The second-order valence-electron chi connectivity index (χ2n) is 4.26. The van der Waals surface area contributed by atoms with E-state index < -0.39 is 15.8 Å². The molecule has 0 aliphatic heterocycles. The van der Waals surface area contributed by atoms with Gasteiger partial charge in [0.2, 0.25) is 10.0 Å². The topological polar surface area (TPSA) is 85.1 Å². The van der Waals surface area contributed by atoms with E-state index in [9.17, 15) is 12.8 Å². The molecule has 0 spiro atoms. The van der Waals surface area contributed by atoms with Crippen LogP contribution in [0.25, 0.3) is 0 Å². The quantitative estimate of drug-likeness (QED) is 0.823. The number of sulfonamides is 1. The minimum Gasteiger partial charge on any atom is -0.396 e. The number of halogens is 1. The van der Waals surface area contributed by atoms with Crippen LogP contribution < -0.4 is 10.5 Å². The number of pyridine rings is 1. The molecule has 0 aliphatic carbocycles. The van der Waals surface area contributed by atoms with Gasteiger partial charge in [0.05, 0.1) is 17.1 Å². The number of hydrogen-bond donors (Lipinski definition) is 2. The summed E-state index contributed by atoms with van der Waals surface area (Å²) in [6.45, 7) is 0. The van der Waals surface area contributed by atoms with E-state index in [1.807, 2.05) is 0 Å². The van der Waals surface area contributed by atoms with Crippen LogP contribution in [-0.2, 0) is 16.4 Å². The second-order valence-corrected chi connectivity index (χ2v) is 6.10. The predicted molar refractivity (Wildman–Crippen MR) is 76.2 cm³/mol. The van der Waals surface area contributed by atoms with Crippen LogP contribution in [-0.4, -0.2) is 19.2 Å². The van der Waals surface area contributed by atoms with Gasteiger partial charge in [-0.25, -0.2) is 12.8 Å². The van der Waals surface area contributed by atoms with Gasteiger partial charge in [0.15, 0.2) is 0 Å². The summed E-state index contributed by atoms with van der Waals surface area (Å²) in [4.78, 5) is 3.86. The molecule has 3 N–H and O–H groups in total. The first kappa shape index (κ1) is 14.3. The Labute approximate surface area is 116 Å². The summed E-state index contributed by atoms with van der Waals surface area (Å²) in [6.07, 6.45) is 3.56. The van der Waals surface area contributed by atoms with Crippen molar-refractivity contribution in [2.75, 3.05) is 16.2 Å². The van der Waals surface area contributed by atoms with E-state index in [-0.39, 0.29) is 17.1 Å². The molecule has 0 bridgehead atoms. The van der Waals surface area contributed by atoms with Crippen molar-refractivity contribution < 1.29 is 12.8 Å². The van der Waals surface area contributed by atoms with Crippen LogP contribution in [0.3, 0.4) is 0 Å². The Hall–Kier alpha value is -2.15. The summed E-state index contributed by atoms with van der Waals surface area (Å²) in [5.74, 6) is -0.748. The number of aryl methyl sites for hydroxylation is 1. The van der Waals surface area contributed by atoms with E-state index in [1.165, 1.54) is 12.1 Å². The zero-order valence-electron chi connectivity index (χ0n) is 10.6. The van der Waals surface area contributed by atoms with Gasteiger partial charge in [0.25, 0.3) is 0 Å². The Balaban J connectivity index is 2.02. The van der Waals surface area contributed by atoms with Gasteiger partial charge in [0, 0.05) is 18.5 Å². The van der Waals surface area contributed by atoms with Crippen LogP contribution in [0.4, 0.5) is 15.8 Å². The summed E-state index contributed by atoms with van der Waals surface area (Å²) >= 11 is 0. The van der Waals surface area contributed by atoms with E-state index in [2.05, 4.69) is 9.71 Å². The van der Waals surface area contributed by atoms with Crippen molar-refractivity contribution in [1.82, 2.24) is 4.98 Å². The molecular formula is C13H14FN3O2S. The van der Waals surface area contributed by atoms with Gasteiger partial charge in [0.1, 0.15) is 5.82 Å². The summed E-state index contributed by atoms with van der Waals surface area (Å²) in [5.41, 5.74) is 6.33. The molecule has 106 valence electrons. The third kappa shape index (κ3) is 3.92. The lowest BCUT2D eigenvalue weighted by Crippen LogP contribution is -2.18. The highest BCUT2D eigenvalue weighted by Crippen LogP contribution is 2.17. The maximum atomic E-state index is 13.2. The largest absolute Gasteiger partial charge is 0.396 e. The van der Waals surface area contributed by atoms with Gasteiger partial charge < -0.3 is 5.73 Å². The van der Waals surface area contributed by atoms with Crippen molar-refractivity contribution in [2.24, 2.45) is 0 Å². The average molecular weight is 295 g/mol. The van der Waals surface area contributed by atoms with Crippen LogP contribution in [0.2, 0.25) is 0 Å². The fourth-order valence-corrected chi connectivity index (χ4v) is 2.72. The summed E-state index contributed by atoms with van der Waals surface area (Å²) < 4.78 is 39.3. The lowest BCUT2D eigenvalue weighted by atomic mass is 10.2. The van der Waals surface area contributed by atoms with E-state index in [1.54, 1.807) is 24.5 Å². The highest BCUT2D eigenvalue weighted by Gasteiger charge is 2.11. The van der Waals surface area contributed by atoms with E-state index in [0.717, 1.165) is 11.6 Å². The molecule has 0 aliphatic rings. The fraction of sp³-hybridized carbons (Fsp3) is 0.154. The maximum absolute atomic E-state index is 13.2. The Kier molecular flexibility index (Phi) is 4.19. The molecule has 0 radical (unpaired) electrons. The number of nitrogens with two attached hydrogens (primary N) is 1. The van der Waals surface area contributed by atoms with Crippen LogP contribution >= 0.6 is 0 Å². The van der Waals surface area contributed by atoms with Crippen LogP contribution in [0.5, 0.6) is 0 Å². The normalized spacial score (nSPS) is 11.2. The average Bonchev–Trinajstić information content (AvgIpc) is 2.42. The molecule has 20 heavy (non-hydrogen) atoms. The Bertz CT molecular complexity index is 690. The molecule has 1 aromatic heterocycles. The molecule has 0 unspecified atom stereocenters. The number of nitrogen functional groups attached to an aromatic ring is 1. The molecule has 0 fully saturated rings. The van der Waals surface area contributed by atoms with E-state index >= 15 is 0 Å². The summed E-state index contributed by atoms with van der Waals surface area (Å²) in [5, 5.41) is 0. The standard InChI is InChI=1S/C13H14FN3O2S/c14-12-9-11(1-2-13(12)15)17-20(18,19)8-5-10-3-6-16-7-4-10/h1-4,6-7,9,17H,5,8,15H2. The van der Waals surface area contributed by atoms with Crippen molar-refractivity contribution >= 4 is 21.4 Å². The molecule has 1 aromatic carbocycles. The van der Waals surface area contributed by atoms with Gasteiger partial charge in [-0.15, -0.1) is 0 Å². The number of anilines is 2. The predicted octanol–water partition coefficient (Wildman–Crippen LogP) is 1.79. The van der Waals surface area contributed by atoms with E-state index in [0.29, 0.717) is 6.42 Å². The SMILES string of the molecule is Nc1ccc(NS(=O)(=O)CCc2ccncc2)cc1F. The molecule has 2 aromatic rings. The summed E-state index contributed by atoms with van der Waals surface area (Å²) in [7, 11) is -3.54. The number of benzene rings is 1. The molecule has 0 atom stereocenters. The Morgan fingerprint density at radius 3 is 2.55 bits per heavy atom. The maximum Gasteiger partial charge on any atom is 0.233 e. The lowest BCUT2D eigenvalue weighted by molar-refractivity contribution is 0.600.